The molecular weight excluding hydrogens is 390 g/mol. The number of hydrogen-bond donors (Lipinski definition) is 0. The van der Waals surface area contributed by atoms with Gasteiger partial charge in [-0.15, -0.1) is 18.3 Å². The maximum absolute atomic E-state index is 12.9. The Bertz CT molecular complexity index is 1180. The van der Waals surface area contributed by atoms with Crippen molar-refractivity contribution < 1.29 is 31.1 Å². The number of fused-ring (bicyclic) bond motifs is 2. The highest BCUT2D eigenvalue weighted by atomic mass is 19.4. The highest BCUT2D eigenvalue weighted by molar-refractivity contribution is 5.97. The third-order valence-corrected chi connectivity index (χ3v) is 3.95. The molecule has 3 heterocycles. The molecule has 0 radical (unpaired) electrons. The SMILES string of the molecule is FC(F)(F)Oc1ccc(-c2ccc3c(C(F)(F)F)nnn3c2)c2cccnc12. The summed E-state index contributed by atoms with van der Waals surface area (Å²) in [5.41, 5.74) is -0.534. The predicted molar refractivity (Wildman–Crippen MR) is 85.4 cm³/mol. The van der Waals surface area contributed by atoms with Crippen LogP contribution >= 0.6 is 0 Å². The zero-order chi connectivity index (χ0) is 20.1. The fourth-order valence-electron chi connectivity index (χ4n) is 2.86. The Morgan fingerprint density at radius 1 is 0.929 bits per heavy atom. The summed E-state index contributed by atoms with van der Waals surface area (Å²) in [5.74, 6) is -0.479. The van der Waals surface area contributed by atoms with E-state index in [1.54, 1.807) is 0 Å². The first kappa shape index (κ1) is 18.0. The van der Waals surface area contributed by atoms with Crippen LogP contribution in [0.5, 0.6) is 5.75 Å². The van der Waals surface area contributed by atoms with Crippen LogP contribution in [0.1, 0.15) is 5.69 Å². The minimum atomic E-state index is -4.89. The van der Waals surface area contributed by atoms with Crippen LogP contribution in [0.15, 0.2) is 48.8 Å². The molecule has 0 atom stereocenters. The van der Waals surface area contributed by atoms with Gasteiger partial charge < -0.3 is 4.74 Å². The molecule has 0 N–H and O–H groups in total. The average molecular weight is 398 g/mol. The summed E-state index contributed by atoms with van der Waals surface area (Å²) in [5, 5.41) is 6.96. The molecule has 144 valence electrons. The minimum absolute atomic E-state index is 0.0352. The van der Waals surface area contributed by atoms with Gasteiger partial charge in [0.2, 0.25) is 0 Å². The van der Waals surface area contributed by atoms with Crippen molar-refractivity contribution in [1.29, 1.82) is 0 Å². The molecule has 0 saturated heterocycles. The molecule has 28 heavy (non-hydrogen) atoms. The Morgan fingerprint density at radius 3 is 2.43 bits per heavy atom. The smallest absolute Gasteiger partial charge is 0.403 e. The minimum Gasteiger partial charge on any atom is -0.403 e. The number of halogens is 6. The maximum atomic E-state index is 12.9. The summed E-state index contributed by atoms with van der Waals surface area (Å²) in [6.07, 6.45) is -6.93. The Labute approximate surface area is 152 Å². The lowest BCUT2D eigenvalue weighted by molar-refractivity contribution is -0.274. The van der Waals surface area contributed by atoms with Crippen LogP contribution in [0.25, 0.3) is 27.5 Å². The summed E-state index contributed by atoms with van der Waals surface area (Å²) in [6.45, 7) is 0. The second-order valence-corrected chi connectivity index (χ2v) is 5.74. The molecule has 1 aromatic carbocycles. The van der Waals surface area contributed by atoms with Gasteiger partial charge in [-0.1, -0.05) is 17.3 Å². The summed E-state index contributed by atoms with van der Waals surface area (Å²) in [7, 11) is 0. The van der Waals surface area contributed by atoms with Gasteiger partial charge in [-0.05, 0) is 29.8 Å². The molecule has 11 heteroatoms. The van der Waals surface area contributed by atoms with Crippen LogP contribution < -0.4 is 4.74 Å². The van der Waals surface area contributed by atoms with E-state index in [-0.39, 0.29) is 11.0 Å². The van der Waals surface area contributed by atoms with Crippen molar-refractivity contribution in [2.24, 2.45) is 0 Å². The van der Waals surface area contributed by atoms with Gasteiger partial charge in [0, 0.05) is 23.3 Å². The summed E-state index contributed by atoms with van der Waals surface area (Å²) < 4.78 is 81.6. The number of ether oxygens (including phenoxy) is 1. The first-order valence-corrected chi connectivity index (χ1v) is 7.69. The molecule has 0 fully saturated rings. The Morgan fingerprint density at radius 2 is 1.71 bits per heavy atom. The van der Waals surface area contributed by atoms with E-state index in [0.717, 1.165) is 10.6 Å². The highest BCUT2D eigenvalue weighted by Gasteiger charge is 2.36. The van der Waals surface area contributed by atoms with Gasteiger partial charge >= 0.3 is 12.5 Å². The monoisotopic (exact) mass is 398 g/mol. The highest BCUT2D eigenvalue weighted by Crippen LogP contribution is 2.36. The number of alkyl halides is 6. The van der Waals surface area contributed by atoms with Gasteiger partial charge in [0.1, 0.15) is 5.52 Å². The molecule has 0 saturated carbocycles. The molecule has 4 rings (SSSR count). The number of hydrogen-bond acceptors (Lipinski definition) is 4. The van der Waals surface area contributed by atoms with Crippen LogP contribution in [0, 0.1) is 0 Å². The average Bonchev–Trinajstić information content (AvgIpc) is 3.04. The van der Waals surface area contributed by atoms with Crippen LogP contribution in [0.4, 0.5) is 26.3 Å². The van der Waals surface area contributed by atoms with Crippen molar-refractivity contribution in [1.82, 2.24) is 19.8 Å². The van der Waals surface area contributed by atoms with E-state index < -0.39 is 24.0 Å². The lowest BCUT2D eigenvalue weighted by Crippen LogP contribution is -2.17. The van der Waals surface area contributed by atoms with E-state index >= 15 is 0 Å². The number of pyridine rings is 2. The van der Waals surface area contributed by atoms with E-state index in [2.05, 4.69) is 20.0 Å². The van der Waals surface area contributed by atoms with Crippen LogP contribution in [-0.2, 0) is 6.18 Å². The van der Waals surface area contributed by atoms with E-state index in [1.807, 2.05) is 0 Å². The fourth-order valence-corrected chi connectivity index (χ4v) is 2.86. The second kappa shape index (κ2) is 6.08. The lowest BCUT2D eigenvalue weighted by atomic mass is 10.0. The quantitative estimate of drug-likeness (QED) is 0.453. The molecule has 0 unspecified atom stereocenters. The van der Waals surface area contributed by atoms with Gasteiger partial charge in [-0.25, -0.2) is 4.52 Å². The van der Waals surface area contributed by atoms with Crippen molar-refractivity contribution in [3.05, 3.63) is 54.5 Å². The van der Waals surface area contributed by atoms with Crippen molar-refractivity contribution in [2.75, 3.05) is 0 Å². The first-order valence-electron chi connectivity index (χ1n) is 7.69. The standard InChI is InChI=1S/C17H8F6N4O/c18-16(19,20)15-12-5-3-9(8-27(12)26-25-15)10-4-6-13(28-17(21,22)23)14-11(10)2-1-7-24-14/h1-8H. The number of nitrogens with zero attached hydrogens (tertiary/aromatic N) is 4. The molecule has 5 nitrogen and oxygen atoms in total. The molecule has 0 bridgehead atoms. The van der Waals surface area contributed by atoms with Gasteiger partial charge in [-0.3, -0.25) is 4.98 Å². The fraction of sp³-hybridized carbons (Fsp3) is 0.118. The van der Waals surface area contributed by atoms with Crippen LogP contribution in [0.2, 0.25) is 0 Å². The predicted octanol–water partition coefficient (Wildman–Crippen LogP) is 4.86. The molecule has 0 amide bonds. The van der Waals surface area contributed by atoms with Crippen molar-refractivity contribution >= 4 is 16.4 Å². The molecular formula is C17H8F6N4O. The topological polar surface area (TPSA) is 52.3 Å². The zero-order valence-corrected chi connectivity index (χ0v) is 13.6. The van der Waals surface area contributed by atoms with Crippen molar-refractivity contribution in [2.45, 2.75) is 12.5 Å². The van der Waals surface area contributed by atoms with E-state index in [0.29, 0.717) is 16.5 Å². The van der Waals surface area contributed by atoms with Gasteiger partial charge in [-0.2, -0.15) is 13.2 Å². The maximum Gasteiger partial charge on any atom is 0.573 e. The van der Waals surface area contributed by atoms with E-state index in [4.69, 9.17) is 0 Å². The molecule has 4 aromatic rings. The number of aromatic nitrogens is 4. The van der Waals surface area contributed by atoms with Crippen LogP contribution in [-0.4, -0.2) is 26.2 Å². The normalized spacial score (nSPS) is 12.6. The molecule has 0 aliphatic heterocycles. The van der Waals surface area contributed by atoms with Crippen molar-refractivity contribution in [3.8, 4) is 16.9 Å². The van der Waals surface area contributed by atoms with Crippen LogP contribution in [0.3, 0.4) is 0 Å². The van der Waals surface area contributed by atoms with Gasteiger partial charge in [0.05, 0.1) is 5.52 Å². The van der Waals surface area contributed by atoms with Gasteiger partial charge in [0.25, 0.3) is 0 Å². The summed E-state index contributed by atoms with van der Waals surface area (Å²) in [6, 6.07) is 8.13. The Hall–Kier alpha value is -3.37. The second-order valence-electron chi connectivity index (χ2n) is 5.74. The van der Waals surface area contributed by atoms with E-state index in [9.17, 15) is 26.3 Å². The molecule has 3 aromatic heterocycles. The number of benzene rings is 1. The Balaban J connectivity index is 1.87. The molecule has 0 aliphatic carbocycles. The first-order chi connectivity index (χ1) is 13.1. The summed E-state index contributed by atoms with van der Waals surface area (Å²) in [4.78, 5) is 3.94. The Kier molecular flexibility index (Phi) is 3.91. The summed E-state index contributed by atoms with van der Waals surface area (Å²) >= 11 is 0. The molecule has 0 aliphatic rings. The van der Waals surface area contributed by atoms with Crippen molar-refractivity contribution in [3.63, 3.8) is 0 Å². The van der Waals surface area contributed by atoms with Gasteiger partial charge in [0.15, 0.2) is 11.4 Å². The third kappa shape index (κ3) is 3.19. The third-order valence-electron chi connectivity index (χ3n) is 3.95. The van der Waals surface area contributed by atoms with E-state index in [1.165, 1.54) is 42.7 Å². The number of rotatable bonds is 2. The lowest BCUT2D eigenvalue weighted by Gasteiger charge is -2.13. The molecule has 0 spiro atoms. The zero-order valence-electron chi connectivity index (χ0n) is 13.6. The largest absolute Gasteiger partial charge is 0.573 e.